The van der Waals surface area contributed by atoms with E-state index >= 15 is 0 Å². The Morgan fingerprint density at radius 1 is 0.773 bits per heavy atom. The lowest BCUT2D eigenvalue weighted by molar-refractivity contribution is 0.0310. The summed E-state index contributed by atoms with van der Waals surface area (Å²) in [5.41, 5.74) is 0. The van der Waals surface area contributed by atoms with E-state index in [-0.39, 0.29) is 0 Å². The van der Waals surface area contributed by atoms with Crippen LogP contribution in [0.1, 0.15) is 90.9 Å². The minimum atomic E-state index is 0.515. The van der Waals surface area contributed by atoms with E-state index in [1.165, 1.54) is 77.0 Å². The van der Waals surface area contributed by atoms with E-state index in [1.807, 2.05) is 0 Å². The molecule has 1 nitrogen and oxygen atoms in total. The molecule has 0 aromatic heterocycles. The quantitative estimate of drug-likeness (QED) is 0.434. The first-order valence-electron chi connectivity index (χ1n) is 9.94. The van der Waals surface area contributed by atoms with Gasteiger partial charge in [-0.2, -0.15) is 0 Å². The van der Waals surface area contributed by atoms with Gasteiger partial charge in [0.25, 0.3) is 0 Å². The van der Waals surface area contributed by atoms with Crippen LogP contribution in [0.5, 0.6) is 0 Å². The molecule has 2 saturated carbocycles. The summed E-state index contributed by atoms with van der Waals surface area (Å²) in [6, 6.07) is 0. The summed E-state index contributed by atoms with van der Waals surface area (Å²) in [5.74, 6) is 9.61. The molecule has 0 spiro atoms. The van der Waals surface area contributed by atoms with Gasteiger partial charge in [0.1, 0.15) is 0 Å². The molecule has 0 aromatic carbocycles. The number of unbranched alkanes of at least 4 members (excludes halogenated alkanes) is 2. The molecule has 0 heterocycles. The highest BCUT2D eigenvalue weighted by Gasteiger charge is 2.21. The largest absolute Gasteiger partial charge is 0.379 e. The molecule has 0 aliphatic heterocycles. The van der Waals surface area contributed by atoms with Gasteiger partial charge in [0.05, 0.1) is 6.10 Å². The van der Waals surface area contributed by atoms with Crippen molar-refractivity contribution in [3.8, 4) is 11.8 Å². The Labute approximate surface area is 138 Å². The van der Waals surface area contributed by atoms with Crippen molar-refractivity contribution < 1.29 is 4.74 Å². The van der Waals surface area contributed by atoms with Gasteiger partial charge >= 0.3 is 0 Å². The van der Waals surface area contributed by atoms with E-state index in [9.17, 15) is 0 Å². The minimum Gasteiger partial charge on any atom is -0.379 e. The number of hydrogen-bond acceptors (Lipinski definition) is 1. The van der Waals surface area contributed by atoms with Crippen LogP contribution in [-0.4, -0.2) is 12.7 Å². The number of ether oxygens (including phenoxy) is 1. The summed E-state index contributed by atoms with van der Waals surface area (Å²) in [6.45, 7) is 5.27. The van der Waals surface area contributed by atoms with Gasteiger partial charge in [-0.3, -0.25) is 0 Å². The van der Waals surface area contributed by atoms with Crippen molar-refractivity contribution in [1.82, 2.24) is 0 Å². The van der Waals surface area contributed by atoms with E-state index in [4.69, 9.17) is 4.74 Å². The molecule has 0 bridgehead atoms. The zero-order chi connectivity index (χ0) is 15.6. The van der Waals surface area contributed by atoms with Gasteiger partial charge in [0.2, 0.25) is 0 Å². The highest BCUT2D eigenvalue weighted by Crippen LogP contribution is 2.32. The normalized spacial score (nSPS) is 32.3. The van der Waals surface area contributed by atoms with Crippen molar-refractivity contribution in [3.63, 3.8) is 0 Å². The first kappa shape index (κ1) is 17.9. The van der Waals surface area contributed by atoms with Gasteiger partial charge < -0.3 is 4.74 Å². The van der Waals surface area contributed by atoms with Gasteiger partial charge in [-0.05, 0) is 64.2 Å². The third-order valence-corrected chi connectivity index (χ3v) is 5.63. The van der Waals surface area contributed by atoms with Crippen LogP contribution in [-0.2, 0) is 4.74 Å². The minimum absolute atomic E-state index is 0.515. The van der Waals surface area contributed by atoms with Crippen LogP contribution in [0.3, 0.4) is 0 Å². The fourth-order valence-electron chi connectivity index (χ4n) is 4.12. The maximum atomic E-state index is 5.73. The monoisotopic (exact) mass is 304 g/mol. The van der Waals surface area contributed by atoms with Crippen molar-refractivity contribution in [3.05, 3.63) is 0 Å². The Balaban J connectivity index is 1.62. The Hall–Kier alpha value is -0.480. The molecule has 0 atom stereocenters. The summed E-state index contributed by atoms with van der Waals surface area (Å²) in [4.78, 5) is 0. The first-order valence-corrected chi connectivity index (χ1v) is 9.94. The second-order valence-electron chi connectivity index (χ2n) is 7.43. The average Bonchev–Trinajstić information content (AvgIpc) is 2.56. The molecule has 126 valence electrons. The van der Waals surface area contributed by atoms with E-state index < -0.39 is 0 Å². The van der Waals surface area contributed by atoms with Crippen LogP contribution >= 0.6 is 0 Å². The molecule has 2 aliphatic carbocycles. The maximum Gasteiger partial charge on any atom is 0.0575 e. The van der Waals surface area contributed by atoms with E-state index in [0.29, 0.717) is 17.9 Å². The lowest BCUT2D eigenvalue weighted by atomic mass is 9.79. The predicted molar refractivity (Wildman–Crippen MR) is 94.7 cm³/mol. The topological polar surface area (TPSA) is 9.23 Å². The van der Waals surface area contributed by atoms with Crippen molar-refractivity contribution in [2.75, 3.05) is 6.61 Å². The van der Waals surface area contributed by atoms with Gasteiger partial charge in [-0.25, -0.2) is 0 Å². The second-order valence-corrected chi connectivity index (χ2v) is 7.43. The summed E-state index contributed by atoms with van der Waals surface area (Å²) in [6.07, 6.45) is 16.7. The maximum absolute atomic E-state index is 5.73. The third kappa shape index (κ3) is 6.33. The summed E-state index contributed by atoms with van der Waals surface area (Å²) < 4.78 is 5.73. The molecule has 0 amide bonds. The lowest BCUT2D eigenvalue weighted by Gasteiger charge is -2.27. The second kappa shape index (κ2) is 10.3. The molecular formula is C21H36O. The Morgan fingerprint density at radius 2 is 1.36 bits per heavy atom. The zero-order valence-electron chi connectivity index (χ0n) is 14.9. The van der Waals surface area contributed by atoms with Gasteiger partial charge in [-0.15, -0.1) is 0 Å². The zero-order valence-corrected chi connectivity index (χ0v) is 14.9. The molecule has 2 aliphatic rings. The molecule has 0 N–H and O–H groups in total. The Morgan fingerprint density at radius 3 is 1.91 bits per heavy atom. The highest BCUT2D eigenvalue weighted by molar-refractivity contribution is 5.09. The van der Waals surface area contributed by atoms with Crippen LogP contribution < -0.4 is 0 Å². The number of rotatable bonds is 6. The SMILES string of the molecule is CCCCCC1CCC(C#CC2CCC(OCC)CC2)CC1. The van der Waals surface area contributed by atoms with Crippen LogP contribution in [0, 0.1) is 29.6 Å². The Kier molecular flexibility index (Phi) is 8.38. The Bertz CT molecular complexity index is 335. The van der Waals surface area contributed by atoms with Crippen molar-refractivity contribution >= 4 is 0 Å². The van der Waals surface area contributed by atoms with E-state index in [0.717, 1.165) is 12.5 Å². The molecule has 0 saturated heterocycles. The standard InChI is InChI=1S/C21H36O/c1-3-5-6-7-18-8-10-19(11-9-18)12-13-20-14-16-21(17-15-20)22-4-2/h18-21H,3-11,14-17H2,1-2H3. The fraction of sp³-hybridized carbons (Fsp3) is 0.905. The van der Waals surface area contributed by atoms with Gasteiger partial charge in [-0.1, -0.05) is 44.4 Å². The fourth-order valence-corrected chi connectivity index (χ4v) is 4.12. The van der Waals surface area contributed by atoms with Crippen LogP contribution in [0.4, 0.5) is 0 Å². The van der Waals surface area contributed by atoms with Gasteiger partial charge in [0.15, 0.2) is 0 Å². The molecule has 2 rings (SSSR count). The average molecular weight is 305 g/mol. The molecule has 1 heteroatoms. The van der Waals surface area contributed by atoms with Crippen molar-refractivity contribution in [1.29, 1.82) is 0 Å². The van der Waals surface area contributed by atoms with Crippen LogP contribution in [0.15, 0.2) is 0 Å². The van der Waals surface area contributed by atoms with Crippen LogP contribution in [0.2, 0.25) is 0 Å². The highest BCUT2D eigenvalue weighted by atomic mass is 16.5. The number of hydrogen-bond donors (Lipinski definition) is 0. The molecule has 2 fully saturated rings. The lowest BCUT2D eigenvalue weighted by Crippen LogP contribution is -2.21. The van der Waals surface area contributed by atoms with Gasteiger partial charge in [0, 0.05) is 18.4 Å². The van der Waals surface area contributed by atoms with E-state index in [2.05, 4.69) is 25.7 Å². The van der Waals surface area contributed by atoms with Crippen molar-refractivity contribution in [2.24, 2.45) is 17.8 Å². The van der Waals surface area contributed by atoms with Crippen LogP contribution in [0.25, 0.3) is 0 Å². The molecule has 0 unspecified atom stereocenters. The third-order valence-electron chi connectivity index (χ3n) is 5.63. The van der Waals surface area contributed by atoms with E-state index in [1.54, 1.807) is 0 Å². The first-order chi connectivity index (χ1) is 10.8. The molecule has 0 aromatic rings. The predicted octanol–water partition coefficient (Wildman–Crippen LogP) is 5.97. The summed E-state index contributed by atoms with van der Waals surface area (Å²) >= 11 is 0. The summed E-state index contributed by atoms with van der Waals surface area (Å²) in [7, 11) is 0. The molecule has 0 radical (unpaired) electrons. The molecular weight excluding hydrogens is 268 g/mol. The smallest absolute Gasteiger partial charge is 0.0575 e. The molecule has 22 heavy (non-hydrogen) atoms. The van der Waals surface area contributed by atoms with Crippen molar-refractivity contribution in [2.45, 2.75) is 97.0 Å². The summed E-state index contributed by atoms with van der Waals surface area (Å²) in [5, 5.41) is 0.